The van der Waals surface area contributed by atoms with E-state index < -0.39 is 0 Å². The Labute approximate surface area is 128 Å². The van der Waals surface area contributed by atoms with E-state index in [0.717, 1.165) is 47.5 Å². The zero-order valence-electron chi connectivity index (χ0n) is 12.0. The highest BCUT2D eigenvalue weighted by Crippen LogP contribution is 2.40. The summed E-state index contributed by atoms with van der Waals surface area (Å²) in [6.07, 6.45) is 1.94. The van der Waals surface area contributed by atoms with Gasteiger partial charge in [0.15, 0.2) is 11.5 Å². The van der Waals surface area contributed by atoms with Crippen molar-refractivity contribution in [2.75, 3.05) is 19.9 Å². The van der Waals surface area contributed by atoms with Crippen LogP contribution < -0.4 is 14.8 Å². The lowest BCUT2D eigenvalue weighted by molar-refractivity contribution is 0.113. The van der Waals surface area contributed by atoms with E-state index in [1.807, 2.05) is 12.1 Å². The molecule has 2 N–H and O–H groups in total. The van der Waals surface area contributed by atoms with E-state index >= 15 is 0 Å². The fraction of sp³-hybridized carbons (Fsp3) is 0.600. The minimum absolute atomic E-state index is 0.0203. The van der Waals surface area contributed by atoms with E-state index in [1.54, 1.807) is 0 Å². The Morgan fingerprint density at radius 3 is 2.70 bits per heavy atom. The molecule has 0 atom stereocenters. The maximum Gasteiger partial charge on any atom is 0.231 e. The summed E-state index contributed by atoms with van der Waals surface area (Å²) in [5.74, 6) is 1.57. The van der Waals surface area contributed by atoms with Crippen LogP contribution in [0.3, 0.4) is 0 Å². The standard InChI is InChI=1S/C15H22BrNO3/c1-3-15(4-2,9-18)8-17-7-11-5-12(16)14-13(6-11)19-10-20-14/h5-6,17-18H,3-4,7-10H2,1-2H3. The third kappa shape index (κ3) is 3.27. The quantitative estimate of drug-likeness (QED) is 0.798. The molecule has 0 fully saturated rings. The maximum absolute atomic E-state index is 9.56. The number of aliphatic hydroxyl groups excluding tert-OH is 1. The number of ether oxygens (including phenoxy) is 2. The summed E-state index contributed by atoms with van der Waals surface area (Å²) in [5.41, 5.74) is 1.12. The maximum atomic E-state index is 9.56. The zero-order valence-corrected chi connectivity index (χ0v) is 13.6. The molecule has 0 spiro atoms. The zero-order chi connectivity index (χ0) is 14.6. The molecule has 5 heteroatoms. The van der Waals surface area contributed by atoms with Crippen LogP contribution in [0.25, 0.3) is 0 Å². The van der Waals surface area contributed by atoms with Gasteiger partial charge in [-0.1, -0.05) is 13.8 Å². The predicted octanol–water partition coefficient (Wildman–Crippen LogP) is 3.07. The summed E-state index contributed by atoms with van der Waals surface area (Å²) in [5, 5.41) is 13.0. The lowest BCUT2D eigenvalue weighted by Gasteiger charge is -2.29. The van der Waals surface area contributed by atoms with Crippen LogP contribution in [0.1, 0.15) is 32.3 Å². The number of nitrogens with one attached hydrogen (secondary N) is 1. The van der Waals surface area contributed by atoms with Crippen molar-refractivity contribution in [3.63, 3.8) is 0 Å². The van der Waals surface area contributed by atoms with Gasteiger partial charge in [0.1, 0.15) is 0 Å². The summed E-state index contributed by atoms with van der Waals surface area (Å²) in [7, 11) is 0. The Balaban J connectivity index is 1.96. The van der Waals surface area contributed by atoms with Crippen molar-refractivity contribution in [1.82, 2.24) is 5.32 Å². The second-order valence-corrected chi connectivity index (χ2v) is 6.13. The van der Waals surface area contributed by atoms with Gasteiger partial charge in [-0.25, -0.2) is 0 Å². The van der Waals surface area contributed by atoms with Crippen molar-refractivity contribution < 1.29 is 14.6 Å². The minimum atomic E-state index is -0.0203. The number of rotatable bonds is 7. The molecule has 20 heavy (non-hydrogen) atoms. The first-order chi connectivity index (χ1) is 9.64. The molecule has 1 aromatic carbocycles. The van der Waals surface area contributed by atoms with Gasteiger partial charge in [0, 0.05) is 25.1 Å². The van der Waals surface area contributed by atoms with E-state index in [-0.39, 0.29) is 18.8 Å². The van der Waals surface area contributed by atoms with Crippen LogP contribution in [0.5, 0.6) is 11.5 Å². The van der Waals surface area contributed by atoms with E-state index in [1.165, 1.54) is 0 Å². The van der Waals surface area contributed by atoms with Gasteiger partial charge in [-0.2, -0.15) is 0 Å². The van der Waals surface area contributed by atoms with E-state index in [2.05, 4.69) is 35.1 Å². The van der Waals surface area contributed by atoms with Crippen LogP contribution in [0, 0.1) is 5.41 Å². The van der Waals surface area contributed by atoms with Crippen LogP contribution in [-0.4, -0.2) is 25.1 Å². The molecule has 0 saturated heterocycles. The third-order valence-corrected chi connectivity index (χ3v) is 4.74. The van der Waals surface area contributed by atoms with Gasteiger partial charge in [-0.3, -0.25) is 0 Å². The van der Waals surface area contributed by atoms with E-state index in [0.29, 0.717) is 0 Å². The lowest BCUT2D eigenvalue weighted by atomic mass is 9.83. The van der Waals surface area contributed by atoms with Gasteiger partial charge in [-0.15, -0.1) is 0 Å². The lowest BCUT2D eigenvalue weighted by Crippen LogP contribution is -2.36. The molecule has 1 aliphatic rings. The first-order valence-electron chi connectivity index (χ1n) is 7.03. The molecule has 0 unspecified atom stereocenters. The number of hydrogen-bond acceptors (Lipinski definition) is 4. The first-order valence-corrected chi connectivity index (χ1v) is 7.83. The Kier molecular flexibility index (Phi) is 5.29. The summed E-state index contributed by atoms with van der Waals surface area (Å²) >= 11 is 3.50. The summed E-state index contributed by atoms with van der Waals surface area (Å²) in [6, 6.07) is 4.04. The number of halogens is 1. The molecular weight excluding hydrogens is 322 g/mol. The second kappa shape index (κ2) is 6.78. The van der Waals surface area contributed by atoms with Crippen molar-refractivity contribution >= 4 is 15.9 Å². The van der Waals surface area contributed by atoms with Crippen LogP contribution in [0.2, 0.25) is 0 Å². The van der Waals surface area contributed by atoms with Crippen LogP contribution in [0.4, 0.5) is 0 Å². The fourth-order valence-corrected chi connectivity index (χ4v) is 2.98. The molecule has 1 aromatic rings. The molecular formula is C15H22BrNO3. The monoisotopic (exact) mass is 343 g/mol. The Hall–Kier alpha value is -0.780. The number of fused-ring (bicyclic) bond motifs is 1. The van der Waals surface area contributed by atoms with Crippen molar-refractivity contribution in [3.05, 3.63) is 22.2 Å². The SMILES string of the molecule is CCC(CC)(CO)CNCc1cc(Br)c2c(c1)OCO2. The largest absolute Gasteiger partial charge is 0.454 e. The minimum Gasteiger partial charge on any atom is -0.454 e. The number of benzene rings is 1. The molecule has 0 aliphatic carbocycles. The summed E-state index contributed by atoms with van der Waals surface area (Å²) < 4.78 is 11.7. The van der Waals surface area contributed by atoms with Crippen molar-refractivity contribution in [3.8, 4) is 11.5 Å². The number of hydrogen-bond donors (Lipinski definition) is 2. The molecule has 0 aromatic heterocycles. The number of aliphatic hydroxyl groups is 1. The Morgan fingerprint density at radius 2 is 2.05 bits per heavy atom. The highest BCUT2D eigenvalue weighted by Gasteiger charge is 2.24. The van der Waals surface area contributed by atoms with E-state index in [4.69, 9.17) is 9.47 Å². The Bertz CT molecular complexity index is 452. The van der Waals surface area contributed by atoms with Gasteiger partial charge in [0.05, 0.1) is 4.47 Å². The molecule has 2 rings (SSSR count). The summed E-state index contributed by atoms with van der Waals surface area (Å²) in [6.45, 7) is 6.30. The van der Waals surface area contributed by atoms with Crippen molar-refractivity contribution in [2.24, 2.45) is 5.41 Å². The molecule has 1 aliphatic heterocycles. The smallest absolute Gasteiger partial charge is 0.231 e. The molecule has 0 amide bonds. The molecule has 0 bridgehead atoms. The fourth-order valence-electron chi connectivity index (χ4n) is 2.37. The molecule has 0 radical (unpaired) electrons. The molecule has 4 nitrogen and oxygen atoms in total. The molecule has 0 saturated carbocycles. The van der Waals surface area contributed by atoms with Gasteiger partial charge >= 0.3 is 0 Å². The average Bonchev–Trinajstić information content (AvgIpc) is 2.93. The van der Waals surface area contributed by atoms with Gasteiger partial charge in [0.2, 0.25) is 6.79 Å². The summed E-state index contributed by atoms with van der Waals surface area (Å²) in [4.78, 5) is 0. The highest BCUT2D eigenvalue weighted by molar-refractivity contribution is 9.10. The van der Waals surface area contributed by atoms with Crippen LogP contribution >= 0.6 is 15.9 Å². The van der Waals surface area contributed by atoms with E-state index in [9.17, 15) is 5.11 Å². The third-order valence-electron chi connectivity index (χ3n) is 4.15. The molecule has 112 valence electrons. The normalized spacial score (nSPS) is 13.8. The molecule has 1 heterocycles. The Morgan fingerprint density at radius 1 is 1.30 bits per heavy atom. The average molecular weight is 344 g/mol. The van der Waals surface area contributed by atoms with Crippen LogP contribution in [0.15, 0.2) is 16.6 Å². The first kappa shape index (κ1) is 15.6. The second-order valence-electron chi connectivity index (χ2n) is 5.28. The predicted molar refractivity (Wildman–Crippen MR) is 82.1 cm³/mol. The topological polar surface area (TPSA) is 50.7 Å². The van der Waals surface area contributed by atoms with Gasteiger partial charge in [-0.05, 0) is 46.5 Å². The van der Waals surface area contributed by atoms with Crippen LogP contribution in [-0.2, 0) is 6.54 Å². The highest BCUT2D eigenvalue weighted by atomic mass is 79.9. The van der Waals surface area contributed by atoms with Crippen molar-refractivity contribution in [1.29, 1.82) is 0 Å². The van der Waals surface area contributed by atoms with Crippen molar-refractivity contribution in [2.45, 2.75) is 33.2 Å². The van der Waals surface area contributed by atoms with Gasteiger partial charge < -0.3 is 19.9 Å². The van der Waals surface area contributed by atoms with Gasteiger partial charge in [0.25, 0.3) is 0 Å².